The zero-order chi connectivity index (χ0) is 13.8. The molecular formula is C12H17BrClNO2S. The second-order valence-corrected chi connectivity index (χ2v) is 7.36. The fourth-order valence-corrected chi connectivity index (χ4v) is 4.12. The van der Waals surface area contributed by atoms with E-state index in [-0.39, 0.29) is 17.7 Å². The van der Waals surface area contributed by atoms with Crippen molar-refractivity contribution in [2.45, 2.75) is 19.9 Å². The molecule has 0 heterocycles. The van der Waals surface area contributed by atoms with Gasteiger partial charge in [0.1, 0.15) is 0 Å². The van der Waals surface area contributed by atoms with Gasteiger partial charge in [-0.15, -0.1) is 11.6 Å². The van der Waals surface area contributed by atoms with Crippen molar-refractivity contribution >= 4 is 37.6 Å². The highest BCUT2D eigenvalue weighted by atomic mass is 79.9. The van der Waals surface area contributed by atoms with Crippen molar-refractivity contribution in [1.29, 1.82) is 0 Å². The van der Waals surface area contributed by atoms with Gasteiger partial charge in [0.25, 0.3) is 0 Å². The van der Waals surface area contributed by atoms with E-state index in [2.05, 4.69) is 20.7 Å². The van der Waals surface area contributed by atoms with Crippen LogP contribution in [0.15, 0.2) is 28.7 Å². The summed E-state index contributed by atoms with van der Waals surface area (Å²) in [5.74, 6) is 0.325. The first-order valence-electron chi connectivity index (χ1n) is 5.66. The topological polar surface area (TPSA) is 46.2 Å². The zero-order valence-electron chi connectivity index (χ0n) is 10.4. The maximum atomic E-state index is 11.9. The first-order chi connectivity index (χ1) is 8.35. The summed E-state index contributed by atoms with van der Waals surface area (Å²) in [6.45, 7) is 3.64. The lowest BCUT2D eigenvalue weighted by Crippen LogP contribution is -2.31. The molecule has 102 valence electrons. The van der Waals surface area contributed by atoms with E-state index in [1.54, 1.807) is 0 Å². The molecule has 0 bridgehead atoms. The van der Waals surface area contributed by atoms with Gasteiger partial charge in [0.2, 0.25) is 10.0 Å². The highest BCUT2D eigenvalue weighted by Gasteiger charge is 2.19. The molecule has 0 fully saturated rings. The Labute approximate surface area is 122 Å². The predicted octanol–water partition coefficient (Wildman–Crippen LogP) is 3.30. The van der Waals surface area contributed by atoms with Crippen LogP contribution >= 0.6 is 27.5 Å². The Morgan fingerprint density at radius 1 is 1.33 bits per heavy atom. The molecule has 0 aliphatic heterocycles. The highest BCUT2D eigenvalue weighted by Crippen LogP contribution is 2.23. The van der Waals surface area contributed by atoms with Crippen molar-refractivity contribution in [3.63, 3.8) is 0 Å². The van der Waals surface area contributed by atoms with Crippen molar-refractivity contribution in [3.8, 4) is 0 Å². The molecule has 18 heavy (non-hydrogen) atoms. The fraction of sp³-hybridized carbons (Fsp3) is 0.500. The monoisotopic (exact) mass is 353 g/mol. The van der Waals surface area contributed by atoms with Crippen LogP contribution in [0, 0.1) is 5.92 Å². The van der Waals surface area contributed by atoms with Crippen molar-refractivity contribution in [2.75, 3.05) is 11.6 Å². The average molecular weight is 355 g/mol. The molecule has 1 aromatic carbocycles. The Bertz CT molecular complexity index is 493. The lowest BCUT2D eigenvalue weighted by Gasteiger charge is -2.17. The molecule has 0 spiro atoms. The maximum Gasteiger partial charge on any atom is 0.212 e. The Hall–Kier alpha value is -0.100. The van der Waals surface area contributed by atoms with Crippen LogP contribution in [0.2, 0.25) is 0 Å². The summed E-state index contributed by atoms with van der Waals surface area (Å²) in [5, 5.41) is 0. The maximum absolute atomic E-state index is 11.9. The SMILES string of the molecule is CC(CCl)CS(=O)(=O)N[C@@H](C)c1ccccc1Br. The predicted molar refractivity (Wildman–Crippen MR) is 79.4 cm³/mol. The molecule has 0 radical (unpaired) electrons. The summed E-state index contributed by atoms with van der Waals surface area (Å²) < 4.78 is 27.4. The number of benzene rings is 1. The van der Waals surface area contributed by atoms with E-state index in [0.29, 0.717) is 5.88 Å². The third-order valence-electron chi connectivity index (χ3n) is 2.50. The van der Waals surface area contributed by atoms with E-state index in [1.807, 2.05) is 38.1 Å². The lowest BCUT2D eigenvalue weighted by atomic mass is 10.1. The summed E-state index contributed by atoms with van der Waals surface area (Å²) >= 11 is 9.05. The first-order valence-corrected chi connectivity index (χ1v) is 8.64. The Morgan fingerprint density at radius 3 is 2.50 bits per heavy atom. The number of alkyl halides is 1. The molecule has 0 aliphatic carbocycles. The van der Waals surface area contributed by atoms with E-state index in [1.165, 1.54) is 0 Å². The van der Waals surface area contributed by atoms with Crippen LogP contribution in [-0.2, 0) is 10.0 Å². The van der Waals surface area contributed by atoms with E-state index < -0.39 is 10.0 Å². The second kappa shape index (κ2) is 6.89. The van der Waals surface area contributed by atoms with Gasteiger partial charge in [0.05, 0.1) is 5.75 Å². The average Bonchev–Trinajstić information content (AvgIpc) is 2.27. The smallest absolute Gasteiger partial charge is 0.212 e. The largest absolute Gasteiger partial charge is 0.212 e. The van der Waals surface area contributed by atoms with Crippen LogP contribution < -0.4 is 4.72 Å². The molecule has 1 aromatic rings. The summed E-state index contributed by atoms with van der Waals surface area (Å²) in [6.07, 6.45) is 0. The van der Waals surface area contributed by atoms with Crippen LogP contribution in [-0.4, -0.2) is 20.1 Å². The van der Waals surface area contributed by atoms with Crippen molar-refractivity contribution in [3.05, 3.63) is 34.3 Å². The van der Waals surface area contributed by atoms with Crippen LogP contribution in [0.3, 0.4) is 0 Å². The van der Waals surface area contributed by atoms with Crippen molar-refractivity contribution in [1.82, 2.24) is 4.72 Å². The van der Waals surface area contributed by atoms with Gasteiger partial charge < -0.3 is 0 Å². The van der Waals surface area contributed by atoms with E-state index in [4.69, 9.17) is 11.6 Å². The minimum atomic E-state index is -3.31. The normalized spacial score (nSPS) is 15.3. The summed E-state index contributed by atoms with van der Waals surface area (Å²) in [7, 11) is -3.31. The molecule has 1 N–H and O–H groups in total. The van der Waals surface area contributed by atoms with Gasteiger partial charge in [-0.3, -0.25) is 0 Å². The third-order valence-corrected chi connectivity index (χ3v) is 5.46. The molecule has 0 aliphatic rings. The Balaban J connectivity index is 2.76. The van der Waals surface area contributed by atoms with Gasteiger partial charge in [-0.1, -0.05) is 41.1 Å². The van der Waals surface area contributed by atoms with Crippen LogP contribution in [0.5, 0.6) is 0 Å². The number of halogens is 2. The van der Waals surface area contributed by atoms with Gasteiger partial charge in [0, 0.05) is 16.4 Å². The fourth-order valence-electron chi connectivity index (χ4n) is 1.63. The molecule has 3 nitrogen and oxygen atoms in total. The number of hydrogen-bond donors (Lipinski definition) is 1. The van der Waals surface area contributed by atoms with Crippen LogP contribution in [0.25, 0.3) is 0 Å². The minimum absolute atomic E-state index is 0.0469. The Morgan fingerprint density at radius 2 is 1.94 bits per heavy atom. The van der Waals surface area contributed by atoms with Crippen LogP contribution in [0.1, 0.15) is 25.5 Å². The van der Waals surface area contributed by atoms with Crippen molar-refractivity contribution in [2.24, 2.45) is 5.92 Å². The van der Waals surface area contributed by atoms with E-state index in [0.717, 1.165) is 10.0 Å². The molecule has 6 heteroatoms. The summed E-state index contributed by atoms with van der Waals surface area (Å²) in [6, 6.07) is 7.29. The molecule has 0 saturated carbocycles. The van der Waals surface area contributed by atoms with E-state index in [9.17, 15) is 8.42 Å². The van der Waals surface area contributed by atoms with Gasteiger partial charge in [-0.25, -0.2) is 13.1 Å². The standard InChI is InChI=1S/C12H17BrClNO2S/c1-9(7-14)8-18(16,17)15-10(2)11-5-3-4-6-12(11)13/h3-6,9-10,15H,7-8H2,1-2H3/t9?,10-/m0/s1. The molecule has 0 amide bonds. The zero-order valence-corrected chi connectivity index (χ0v) is 13.5. The van der Waals surface area contributed by atoms with Gasteiger partial charge in [-0.2, -0.15) is 0 Å². The molecule has 2 atom stereocenters. The van der Waals surface area contributed by atoms with Gasteiger partial charge in [-0.05, 0) is 24.5 Å². The summed E-state index contributed by atoms with van der Waals surface area (Å²) in [4.78, 5) is 0. The second-order valence-electron chi connectivity index (χ2n) is 4.40. The number of nitrogens with one attached hydrogen (secondary N) is 1. The van der Waals surface area contributed by atoms with Crippen molar-refractivity contribution < 1.29 is 8.42 Å². The van der Waals surface area contributed by atoms with Gasteiger partial charge >= 0.3 is 0 Å². The molecule has 0 saturated heterocycles. The number of hydrogen-bond acceptors (Lipinski definition) is 2. The minimum Gasteiger partial charge on any atom is -0.212 e. The molecular weight excluding hydrogens is 338 g/mol. The summed E-state index contributed by atoms with van der Waals surface area (Å²) in [5.41, 5.74) is 0.916. The molecule has 1 unspecified atom stereocenters. The lowest BCUT2D eigenvalue weighted by molar-refractivity contribution is 0.555. The quantitative estimate of drug-likeness (QED) is 0.797. The highest BCUT2D eigenvalue weighted by molar-refractivity contribution is 9.10. The van der Waals surface area contributed by atoms with Gasteiger partial charge in [0.15, 0.2) is 0 Å². The van der Waals surface area contributed by atoms with E-state index >= 15 is 0 Å². The number of sulfonamides is 1. The number of rotatable bonds is 6. The Kier molecular flexibility index (Phi) is 6.11. The first kappa shape index (κ1) is 16.0. The van der Waals surface area contributed by atoms with Crippen LogP contribution in [0.4, 0.5) is 0 Å². The molecule has 0 aromatic heterocycles. The third kappa shape index (κ3) is 4.88. The molecule has 1 rings (SSSR count).